The summed E-state index contributed by atoms with van der Waals surface area (Å²) >= 11 is 11.6. The fraction of sp³-hybridized carbons (Fsp3) is 0.0667. The number of hydrogen-bond donors (Lipinski definition) is 0. The molecular weight excluding hydrogens is 295 g/mol. The van der Waals surface area contributed by atoms with Gasteiger partial charge in [-0.2, -0.15) is 0 Å². The van der Waals surface area contributed by atoms with Crippen LogP contribution < -0.4 is 0 Å². The third-order valence-electron chi connectivity index (χ3n) is 3.03. The van der Waals surface area contributed by atoms with E-state index in [1.165, 1.54) is 0 Å². The number of pyridine rings is 1. The van der Waals surface area contributed by atoms with Gasteiger partial charge in [0.2, 0.25) is 0 Å². The van der Waals surface area contributed by atoms with Crippen molar-refractivity contribution in [3.63, 3.8) is 0 Å². The smallest absolute Gasteiger partial charge is 0.196 e. The summed E-state index contributed by atoms with van der Waals surface area (Å²) in [6.07, 6.45) is 1.81. The Morgan fingerprint density at radius 1 is 1.15 bits per heavy atom. The van der Waals surface area contributed by atoms with Gasteiger partial charge in [-0.15, -0.1) is 11.6 Å². The molecule has 0 aliphatic heterocycles. The summed E-state index contributed by atoms with van der Waals surface area (Å²) in [5, 5.41) is 0.641. The second-order valence-electron chi connectivity index (χ2n) is 4.30. The number of rotatable bonds is 3. The van der Waals surface area contributed by atoms with Gasteiger partial charge in [-0.1, -0.05) is 29.8 Å². The lowest BCUT2D eigenvalue weighted by molar-refractivity contribution is 0.101. The van der Waals surface area contributed by atoms with Gasteiger partial charge >= 0.3 is 0 Å². The van der Waals surface area contributed by atoms with Crippen molar-refractivity contribution in [1.29, 1.82) is 0 Å². The quantitative estimate of drug-likeness (QED) is 0.540. The second kappa shape index (κ2) is 5.27. The van der Waals surface area contributed by atoms with Crippen molar-refractivity contribution < 1.29 is 4.79 Å². The van der Waals surface area contributed by atoms with Gasteiger partial charge in [0.15, 0.2) is 5.78 Å². The highest BCUT2D eigenvalue weighted by Gasteiger charge is 2.19. The van der Waals surface area contributed by atoms with Gasteiger partial charge in [0.25, 0.3) is 0 Å². The van der Waals surface area contributed by atoms with Gasteiger partial charge < -0.3 is 0 Å². The summed E-state index contributed by atoms with van der Waals surface area (Å²) < 4.78 is 1.76. The van der Waals surface area contributed by atoms with Crippen LogP contribution in [0, 0.1) is 0 Å². The van der Waals surface area contributed by atoms with Gasteiger partial charge in [-0.05, 0) is 24.3 Å². The molecule has 3 rings (SSSR count). The van der Waals surface area contributed by atoms with E-state index in [1.807, 2.05) is 36.5 Å². The van der Waals surface area contributed by atoms with Crippen LogP contribution in [0.5, 0.6) is 0 Å². The fourth-order valence-electron chi connectivity index (χ4n) is 2.13. The topological polar surface area (TPSA) is 34.4 Å². The minimum atomic E-state index is -0.157. The van der Waals surface area contributed by atoms with E-state index in [4.69, 9.17) is 23.2 Å². The number of Topliss-reactive ketones (excluding diaryl/α,β-unsaturated/α-hetero) is 1. The molecule has 100 valence electrons. The number of halogens is 2. The lowest BCUT2D eigenvalue weighted by Gasteiger charge is -2.02. The Hall–Kier alpha value is -1.84. The molecule has 0 fully saturated rings. The molecule has 5 heteroatoms. The maximum Gasteiger partial charge on any atom is 0.196 e. The summed E-state index contributed by atoms with van der Waals surface area (Å²) in [7, 11) is 0. The van der Waals surface area contributed by atoms with E-state index in [1.54, 1.807) is 16.5 Å². The fourth-order valence-corrected chi connectivity index (χ4v) is 2.39. The third kappa shape index (κ3) is 2.19. The zero-order valence-electron chi connectivity index (χ0n) is 10.4. The Morgan fingerprint density at radius 3 is 2.60 bits per heavy atom. The molecule has 0 N–H and O–H groups in total. The van der Waals surface area contributed by atoms with Crippen LogP contribution in [-0.4, -0.2) is 21.0 Å². The van der Waals surface area contributed by atoms with Crippen LogP contribution in [0.4, 0.5) is 0 Å². The molecule has 0 aliphatic carbocycles. The first-order valence-electron chi connectivity index (χ1n) is 6.03. The van der Waals surface area contributed by atoms with Crippen LogP contribution in [0.15, 0.2) is 48.7 Å². The van der Waals surface area contributed by atoms with Crippen LogP contribution in [0.1, 0.15) is 10.5 Å². The number of imidazole rings is 1. The maximum atomic E-state index is 12.1. The lowest BCUT2D eigenvalue weighted by atomic mass is 10.1. The monoisotopic (exact) mass is 304 g/mol. The number of fused-ring (bicyclic) bond motifs is 1. The highest BCUT2D eigenvalue weighted by molar-refractivity contribution is 6.31. The number of alkyl halides is 1. The molecular formula is C15H10Cl2N2O. The van der Waals surface area contributed by atoms with Crippen LogP contribution in [0.25, 0.3) is 16.9 Å². The molecule has 0 spiro atoms. The molecule has 0 saturated carbocycles. The van der Waals surface area contributed by atoms with Crippen molar-refractivity contribution in [2.24, 2.45) is 0 Å². The average Bonchev–Trinajstić information content (AvgIpc) is 2.86. The largest absolute Gasteiger partial charge is 0.296 e. The van der Waals surface area contributed by atoms with E-state index in [0.29, 0.717) is 22.1 Å². The zero-order chi connectivity index (χ0) is 14.1. The van der Waals surface area contributed by atoms with Crippen molar-refractivity contribution in [1.82, 2.24) is 9.38 Å². The highest BCUT2D eigenvalue weighted by atomic mass is 35.5. The van der Waals surface area contributed by atoms with Crippen molar-refractivity contribution in [3.05, 3.63) is 59.4 Å². The molecule has 0 atom stereocenters. The molecule has 2 aromatic heterocycles. The standard InChI is InChI=1S/C15H10Cl2N2O/c16-9-12(20)15-14(10-4-6-11(17)7-5-10)18-13-3-1-2-8-19(13)15/h1-8H,9H2. The summed E-state index contributed by atoms with van der Waals surface area (Å²) in [5.74, 6) is -0.237. The Labute approximate surface area is 125 Å². The molecule has 3 nitrogen and oxygen atoms in total. The van der Waals surface area contributed by atoms with Gasteiger partial charge in [0.1, 0.15) is 17.0 Å². The molecule has 0 radical (unpaired) electrons. The molecule has 1 aromatic carbocycles. The average molecular weight is 305 g/mol. The number of carbonyl (C=O) groups excluding carboxylic acids is 1. The van der Waals surface area contributed by atoms with Crippen LogP contribution in [0.3, 0.4) is 0 Å². The van der Waals surface area contributed by atoms with E-state index >= 15 is 0 Å². The maximum absolute atomic E-state index is 12.1. The predicted molar refractivity (Wildman–Crippen MR) is 80.7 cm³/mol. The van der Waals surface area contributed by atoms with Crippen molar-refractivity contribution in [2.75, 3.05) is 5.88 Å². The minimum absolute atomic E-state index is 0.0801. The summed E-state index contributed by atoms with van der Waals surface area (Å²) in [6.45, 7) is 0. The number of carbonyl (C=O) groups is 1. The first-order chi connectivity index (χ1) is 9.70. The SMILES string of the molecule is O=C(CCl)c1c(-c2ccc(Cl)cc2)nc2ccccn12. The number of ketones is 1. The summed E-state index contributed by atoms with van der Waals surface area (Å²) in [6, 6.07) is 12.8. The van der Waals surface area contributed by atoms with Crippen molar-refractivity contribution >= 4 is 34.6 Å². The molecule has 3 aromatic rings. The summed E-state index contributed by atoms with van der Waals surface area (Å²) in [4.78, 5) is 16.7. The normalized spacial score (nSPS) is 10.9. The first kappa shape index (κ1) is 13.2. The van der Waals surface area contributed by atoms with Crippen molar-refractivity contribution in [3.8, 4) is 11.3 Å². The van der Waals surface area contributed by atoms with Crippen LogP contribution in [-0.2, 0) is 0 Å². The Kier molecular flexibility index (Phi) is 3.47. The molecule has 0 bridgehead atoms. The first-order valence-corrected chi connectivity index (χ1v) is 6.94. The second-order valence-corrected chi connectivity index (χ2v) is 5.01. The summed E-state index contributed by atoms with van der Waals surface area (Å²) in [5.41, 5.74) is 2.67. The third-order valence-corrected chi connectivity index (χ3v) is 3.53. The van der Waals surface area contributed by atoms with E-state index in [2.05, 4.69) is 4.98 Å². The van der Waals surface area contributed by atoms with E-state index < -0.39 is 0 Å². The minimum Gasteiger partial charge on any atom is -0.296 e. The number of nitrogens with zero attached hydrogens (tertiary/aromatic N) is 2. The van der Waals surface area contributed by atoms with E-state index in [0.717, 1.165) is 5.56 Å². The molecule has 0 aliphatic rings. The number of hydrogen-bond acceptors (Lipinski definition) is 2. The van der Waals surface area contributed by atoms with Crippen LogP contribution in [0.2, 0.25) is 5.02 Å². The lowest BCUT2D eigenvalue weighted by Crippen LogP contribution is -2.06. The van der Waals surface area contributed by atoms with E-state index in [-0.39, 0.29) is 11.7 Å². The Bertz CT molecular complexity index is 778. The van der Waals surface area contributed by atoms with Gasteiger partial charge in [-0.3, -0.25) is 9.20 Å². The van der Waals surface area contributed by atoms with Gasteiger partial charge in [-0.25, -0.2) is 4.98 Å². The zero-order valence-corrected chi connectivity index (χ0v) is 11.9. The van der Waals surface area contributed by atoms with Crippen molar-refractivity contribution in [2.45, 2.75) is 0 Å². The van der Waals surface area contributed by atoms with Gasteiger partial charge in [0, 0.05) is 16.8 Å². The number of aromatic nitrogens is 2. The predicted octanol–water partition coefficient (Wildman–Crippen LogP) is 4.08. The van der Waals surface area contributed by atoms with Crippen LogP contribution >= 0.6 is 23.2 Å². The van der Waals surface area contributed by atoms with E-state index in [9.17, 15) is 4.79 Å². The molecule has 0 saturated heterocycles. The highest BCUT2D eigenvalue weighted by Crippen LogP contribution is 2.26. The van der Waals surface area contributed by atoms with Gasteiger partial charge in [0.05, 0.1) is 5.88 Å². The molecule has 0 amide bonds. The molecule has 20 heavy (non-hydrogen) atoms. The molecule has 2 heterocycles. The number of benzene rings is 1. The molecule has 0 unspecified atom stereocenters. The Balaban J connectivity index is 2.29. The Morgan fingerprint density at radius 2 is 1.90 bits per heavy atom.